The van der Waals surface area contributed by atoms with Crippen LogP contribution in [-0.4, -0.2) is 19.5 Å². The first-order valence-corrected chi connectivity index (χ1v) is 11.0. The minimum absolute atomic E-state index is 0.169. The fraction of sp³-hybridized carbons (Fsp3) is 0.955. The molecule has 0 N–H and O–H groups in total. The topological polar surface area (TPSA) is 42.2 Å². The van der Waals surface area contributed by atoms with Gasteiger partial charge in [0.2, 0.25) is 0 Å². The zero-order valence-corrected chi connectivity index (χ0v) is 16.2. The van der Waals surface area contributed by atoms with Gasteiger partial charge in [-0.05, 0) is 37.5 Å². The Morgan fingerprint density at radius 3 is 1.68 bits per heavy atom. The van der Waals surface area contributed by atoms with E-state index in [1.165, 1.54) is 77.0 Å². The van der Waals surface area contributed by atoms with Crippen LogP contribution in [0.2, 0.25) is 0 Å². The van der Waals surface area contributed by atoms with Gasteiger partial charge in [0.05, 0.1) is 6.07 Å². The Hall–Kier alpha value is -0.590. The molecule has 0 aromatic rings. The molecule has 0 radical (unpaired) electrons. The van der Waals surface area contributed by atoms with Crippen LogP contribution >= 0.6 is 0 Å². The minimum Gasteiger partial charge on any atom is -0.353 e. The lowest BCUT2D eigenvalue weighted by atomic mass is 9.86. The summed E-state index contributed by atoms with van der Waals surface area (Å²) < 4.78 is 11.9. The molecule has 144 valence electrons. The number of hydrogen-bond donors (Lipinski definition) is 0. The normalized spacial score (nSPS) is 20.0. The molecule has 2 saturated carbocycles. The molecule has 2 fully saturated rings. The van der Waals surface area contributed by atoms with Gasteiger partial charge in [0.15, 0.2) is 6.29 Å². The molecule has 0 aliphatic heterocycles. The van der Waals surface area contributed by atoms with Crippen molar-refractivity contribution < 1.29 is 9.47 Å². The molecule has 0 amide bonds. The average Bonchev–Trinajstić information content (AvgIpc) is 2.67. The van der Waals surface area contributed by atoms with Crippen molar-refractivity contribution in [2.24, 2.45) is 11.8 Å². The van der Waals surface area contributed by atoms with Gasteiger partial charge in [-0.25, -0.2) is 0 Å². The van der Waals surface area contributed by atoms with Gasteiger partial charge >= 0.3 is 0 Å². The highest BCUT2D eigenvalue weighted by Gasteiger charge is 2.15. The molecule has 0 saturated heterocycles. The summed E-state index contributed by atoms with van der Waals surface area (Å²) in [7, 11) is 0. The molecule has 2 aliphatic carbocycles. The third kappa shape index (κ3) is 9.61. The average molecular weight is 350 g/mol. The Morgan fingerprint density at radius 2 is 1.24 bits per heavy atom. The molecule has 0 unspecified atom stereocenters. The van der Waals surface area contributed by atoms with Gasteiger partial charge in [-0.1, -0.05) is 64.2 Å². The maximum atomic E-state index is 8.84. The molecule has 3 heteroatoms. The standard InChI is InChI=1S/C22H39NO2/c23-17-7-16-22(24-18-8-14-20-10-3-1-4-11-20)25-19-9-15-21-12-5-2-6-13-21/h20-22H,1-16,18-19H2. The Morgan fingerprint density at radius 1 is 0.760 bits per heavy atom. The number of nitrogens with zero attached hydrogens (tertiary/aromatic N) is 1. The van der Waals surface area contributed by atoms with Crippen molar-refractivity contribution in [3.05, 3.63) is 0 Å². The number of rotatable bonds is 12. The van der Waals surface area contributed by atoms with Crippen LogP contribution in [-0.2, 0) is 9.47 Å². The fourth-order valence-corrected chi connectivity index (χ4v) is 4.52. The van der Waals surface area contributed by atoms with Gasteiger partial charge < -0.3 is 9.47 Å². The second kappa shape index (κ2) is 13.6. The molecular formula is C22H39NO2. The monoisotopic (exact) mass is 349 g/mol. The quantitative estimate of drug-likeness (QED) is 0.303. The van der Waals surface area contributed by atoms with Crippen molar-refractivity contribution in [1.82, 2.24) is 0 Å². The largest absolute Gasteiger partial charge is 0.353 e. The molecule has 25 heavy (non-hydrogen) atoms. The van der Waals surface area contributed by atoms with Crippen LogP contribution in [0, 0.1) is 23.2 Å². The molecule has 2 rings (SSSR count). The van der Waals surface area contributed by atoms with Gasteiger partial charge in [0, 0.05) is 26.1 Å². The van der Waals surface area contributed by atoms with Crippen LogP contribution < -0.4 is 0 Å². The summed E-state index contributed by atoms with van der Waals surface area (Å²) in [4.78, 5) is 0. The SMILES string of the molecule is N#CCCC(OCCCC1CCCCC1)OCCCC1CCCCC1. The molecule has 0 aromatic carbocycles. The van der Waals surface area contributed by atoms with E-state index in [2.05, 4.69) is 6.07 Å². The van der Waals surface area contributed by atoms with Gasteiger partial charge in [0.1, 0.15) is 0 Å². The van der Waals surface area contributed by atoms with E-state index in [9.17, 15) is 0 Å². The minimum atomic E-state index is -0.169. The first kappa shape index (κ1) is 20.7. The molecule has 0 spiro atoms. The lowest BCUT2D eigenvalue weighted by Crippen LogP contribution is -2.19. The van der Waals surface area contributed by atoms with Crippen LogP contribution in [0.15, 0.2) is 0 Å². The van der Waals surface area contributed by atoms with Crippen LogP contribution in [0.3, 0.4) is 0 Å². The highest BCUT2D eigenvalue weighted by molar-refractivity contribution is 4.70. The predicted molar refractivity (Wildman–Crippen MR) is 102 cm³/mol. The maximum Gasteiger partial charge on any atom is 0.158 e. The Bertz CT molecular complexity index is 328. The first-order valence-electron chi connectivity index (χ1n) is 11.0. The van der Waals surface area contributed by atoms with E-state index in [-0.39, 0.29) is 6.29 Å². The summed E-state index contributed by atoms with van der Waals surface area (Å²) >= 11 is 0. The molecule has 0 atom stereocenters. The van der Waals surface area contributed by atoms with E-state index in [1.807, 2.05) is 0 Å². The summed E-state index contributed by atoms with van der Waals surface area (Å²) in [6.45, 7) is 1.57. The summed E-state index contributed by atoms with van der Waals surface area (Å²) in [5.74, 6) is 1.85. The second-order valence-corrected chi connectivity index (χ2v) is 8.16. The Kier molecular flexibility index (Phi) is 11.3. The van der Waals surface area contributed by atoms with Gasteiger partial charge in [-0.2, -0.15) is 5.26 Å². The van der Waals surface area contributed by atoms with Gasteiger partial charge in [-0.15, -0.1) is 0 Å². The van der Waals surface area contributed by atoms with Crippen molar-refractivity contribution in [3.63, 3.8) is 0 Å². The third-order valence-corrected chi connectivity index (χ3v) is 6.06. The highest BCUT2D eigenvalue weighted by Crippen LogP contribution is 2.28. The molecule has 3 nitrogen and oxygen atoms in total. The molecule has 0 heterocycles. The van der Waals surface area contributed by atoms with E-state index in [4.69, 9.17) is 14.7 Å². The second-order valence-electron chi connectivity index (χ2n) is 8.16. The van der Waals surface area contributed by atoms with Crippen molar-refractivity contribution in [1.29, 1.82) is 5.26 Å². The van der Waals surface area contributed by atoms with Gasteiger partial charge in [0.25, 0.3) is 0 Å². The number of hydrogen-bond acceptors (Lipinski definition) is 3. The molecule has 2 aliphatic rings. The molecular weight excluding hydrogens is 310 g/mol. The van der Waals surface area contributed by atoms with Crippen LogP contribution in [0.5, 0.6) is 0 Å². The number of ether oxygens (including phenoxy) is 2. The highest BCUT2D eigenvalue weighted by atomic mass is 16.7. The van der Waals surface area contributed by atoms with Crippen LogP contribution in [0.4, 0.5) is 0 Å². The summed E-state index contributed by atoms with van der Waals surface area (Å²) in [6, 6.07) is 2.22. The summed E-state index contributed by atoms with van der Waals surface area (Å²) in [6.07, 6.45) is 20.1. The van der Waals surface area contributed by atoms with E-state index in [0.717, 1.165) is 37.9 Å². The third-order valence-electron chi connectivity index (χ3n) is 6.06. The molecule has 0 bridgehead atoms. The van der Waals surface area contributed by atoms with Crippen molar-refractivity contribution >= 4 is 0 Å². The van der Waals surface area contributed by atoms with E-state index < -0.39 is 0 Å². The zero-order valence-electron chi connectivity index (χ0n) is 16.2. The summed E-state index contributed by atoms with van der Waals surface area (Å²) in [5.41, 5.74) is 0. The first-order chi connectivity index (χ1) is 12.4. The number of nitriles is 1. The van der Waals surface area contributed by atoms with E-state index >= 15 is 0 Å². The smallest absolute Gasteiger partial charge is 0.158 e. The van der Waals surface area contributed by atoms with E-state index in [0.29, 0.717) is 12.8 Å². The Labute approximate surface area is 155 Å². The predicted octanol–water partition coefficient (Wildman–Crippen LogP) is 6.37. The lowest BCUT2D eigenvalue weighted by molar-refractivity contribution is -0.147. The molecule has 0 aromatic heterocycles. The zero-order chi connectivity index (χ0) is 17.6. The van der Waals surface area contributed by atoms with Gasteiger partial charge in [-0.3, -0.25) is 0 Å². The lowest BCUT2D eigenvalue weighted by Gasteiger charge is -2.23. The maximum absolute atomic E-state index is 8.84. The van der Waals surface area contributed by atoms with Crippen molar-refractivity contribution in [2.75, 3.05) is 13.2 Å². The summed E-state index contributed by atoms with van der Waals surface area (Å²) in [5, 5.41) is 8.84. The van der Waals surface area contributed by atoms with Crippen LogP contribution in [0.25, 0.3) is 0 Å². The van der Waals surface area contributed by atoms with Crippen molar-refractivity contribution in [3.8, 4) is 6.07 Å². The van der Waals surface area contributed by atoms with E-state index in [1.54, 1.807) is 0 Å². The fourth-order valence-electron chi connectivity index (χ4n) is 4.52. The van der Waals surface area contributed by atoms with Crippen LogP contribution in [0.1, 0.15) is 103 Å². The Balaban J connectivity index is 1.52. The van der Waals surface area contributed by atoms with Crippen molar-refractivity contribution in [2.45, 2.75) is 109 Å².